The van der Waals surface area contributed by atoms with Crippen LogP contribution in [0.1, 0.15) is 30.6 Å². The van der Waals surface area contributed by atoms with Gasteiger partial charge in [-0.1, -0.05) is 6.07 Å². The third kappa shape index (κ3) is 3.96. The molecule has 6 nitrogen and oxygen atoms in total. The normalized spacial score (nSPS) is 18.3. The Morgan fingerprint density at radius 1 is 1.48 bits per heavy atom. The first-order chi connectivity index (χ1) is 11.1. The minimum Gasteiger partial charge on any atom is -0.444 e. The SMILES string of the molecule is CC(=O)N(Cc1ncc(C)o1)[C@H]1CCN(Cc2cccnc2)C1. The zero-order valence-electron chi connectivity index (χ0n) is 13.6. The molecule has 3 rings (SSSR count). The van der Waals surface area contributed by atoms with E-state index in [1.807, 2.05) is 24.1 Å². The summed E-state index contributed by atoms with van der Waals surface area (Å²) in [6.45, 7) is 6.63. The first-order valence-electron chi connectivity index (χ1n) is 7.91. The number of carbonyl (C=O) groups is 1. The van der Waals surface area contributed by atoms with Crippen molar-refractivity contribution >= 4 is 5.91 Å². The number of hydrogen-bond acceptors (Lipinski definition) is 5. The number of rotatable bonds is 5. The Balaban J connectivity index is 1.62. The molecule has 1 saturated heterocycles. The van der Waals surface area contributed by atoms with Gasteiger partial charge in [-0.15, -0.1) is 0 Å². The summed E-state index contributed by atoms with van der Waals surface area (Å²) >= 11 is 0. The molecule has 1 fully saturated rings. The van der Waals surface area contributed by atoms with Crippen LogP contribution in [0.2, 0.25) is 0 Å². The van der Waals surface area contributed by atoms with E-state index in [-0.39, 0.29) is 11.9 Å². The Morgan fingerprint density at radius 3 is 3.00 bits per heavy atom. The van der Waals surface area contributed by atoms with Gasteiger partial charge in [-0.3, -0.25) is 14.7 Å². The Labute approximate surface area is 136 Å². The fourth-order valence-corrected chi connectivity index (χ4v) is 3.08. The minimum atomic E-state index is 0.0640. The zero-order chi connectivity index (χ0) is 16.2. The van der Waals surface area contributed by atoms with E-state index in [0.717, 1.165) is 31.8 Å². The quantitative estimate of drug-likeness (QED) is 0.844. The lowest BCUT2D eigenvalue weighted by molar-refractivity contribution is -0.132. The molecule has 0 aliphatic carbocycles. The summed E-state index contributed by atoms with van der Waals surface area (Å²) in [6, 6.07) is 4.24. The summed E-state index contributed by atoms with van der Waals surface area (Å²) in [5.74, 6) is 1.44. The molecule has 1 atom stereocenters. The molecule has 0 radical (unpaired) electrons. The van der Waals surface area contributed by atoms with Gasteiger partial charge in [-0.25, -0.2) is 4.98 Å². The van der Waals surface area contributed by atoms with E-state index in [0.29, 0.717) is 12.4 Å². The molecule has 122 valence electrons. The fourth-order valence-electron chi connectivity index (χ4n) is 3.08. The van der Waals surface area contributed by atoms with Gasteiger partial charge in [0.2, 0.25) is 11.8 Å². The number of amides is 1. The van der Waals surface area contributed by atoms with Crippen LogP contribution in [-0.2, 0) is 17.9 Å². The van der Waals surface area contributed by atoms with E-state index >= 15 is 0 Å². The van der Waals surface area contributed by atoms with Gasteiger partial charge >= 0.3 is 0 Å². The van der Waals surface area contributed by atoms with Gasteiger partial charge in [0.05, 0.1) is 12.7 Å². The standard InChI is InChI=1S/C17H22N4O2/c1-13-8-19-17(23-13)12-21(14(2)22)16-5-7-20(11-16)10-15-4-3-6-18-9-15/h3-4,6,8-9,16H,5,7,10-12H2,1-2H3/t16-/m0/s1. The molecule has 23 heavy (non-hydrogen) atoms. The van der Waals surface area contributed by atoms with Crippen LogP contribution in [0.3, 0.4) is 0 Å². The molecule has 1 amide bonds. The van der Waals surface area contributed by atoms with Gasteiger partial charge in [-0.2, -0.15) is 0 Å². The predicted octanol–water partition coefficient (Wildman–Crippen LogP) is 2.00. The van der Waals surface area contributed by atoms with Crippen LogP contribution in [-0.4, -0.2) is 44.8 Å². The van der Waals surface area contributed by atoms with Crippen LogP contribution in [0, 0.1) is 6.92 Å². The molecule has 0 N–H and O–H groups in total. The predicted molar refractivity (Wildman–Crippen MR) is 85.4 cm³/mol. The van der Waals surface area contributed by atoms with E-state index in [2.05, 4.69) is 20.9 Å². The molecule has 2 aromatic rings. The van der Waals surface area contributed by atoms with E-state index < -0.39 is 0 Å². The molecule has 0 aromatic carbocycles. The molecule has 0 saturated carbocycles. The van der Waals surface area contributed by atoms with Crippen molar-refractivity contribution in [3.63, 3.8) is 0 Å². The highest BCUT2D eigenvalue weighted by Gasteiger charge is 2.30. The van der Waals surface area contributed by atoms with Crippen LogP contribution >= 0.6 is 0 Å². The maximum Gasteiger partial charge on any atom is 0.220 e. The van der Waals surface area contributed by atoms with Crippen molar-refractivity contribution < 1.29 is 9.21 Å². The lowest BCUT2D eigenvalue weighted by atomic mass is 10.2. The fraction of sp³-hybridized carbons (Fsp3) is 0.471. The number of pyridine rings is 1. The monoisotopic (exact) mass is 314 g/mol. The molecular formula is C17H22N4O2. The highest BCUT2D eigenvalue weighted by molar-refractivity contribution is 5.73. The van der Waals surface area contributed by atoms with E-state index in [1.165, 1.54) is 5.56 Å². The molecule has 2 aromatic heterocycles. The maximum absolute atomic E-state index is 12.0. The summed E-state index contributed by atoms with van der Waals surface area (Å²) in [5, 5.41) is 0. The number of likely N-dealkylation sites (tertiary alicyclic amines) is 1. The van der Waals surface area contributed by atoms with Crippen molar-refractivity contribution in [2.75, 3.05) is 13.1 Å². The first-order valence-corrected chi connectivity index (χ1v) is 7.91. The van der Waals surface area contributed by atoms with Gasteiger partial charge in [0.15, 0.2) is 0 Å². The maximum atomic E-state index is 12.0. The number of hydrogen-bond donors (Lipinski definition) is 0. The minimum absolute atomic E-state index is 0.0640. The Morgan fingerprint density at radius 2 is 2.35 bits per heavy atom. The molecule has 1 aliphatic rings. The summed E-state index contributed by atoms with van der Waals surface area (Å²) < 4.78 is 5.52. The van der Waals surface area contributed by atoms with Crippen LogP contribution in [0.15, 0.2) is 35.1 Å². The molecule has 0 bridgehead atoms. The van der Waals surface area contributed by atoms with Gasteiger partial charge < -0.3 is 9.32 Å². The second-order valence-corrected chi connectivity index (χ2v) is 6.05. The van der Waals surface area contributed by atoms with Crippen LogP contribution < -0.4 is 0 Å². The van der Waals surface area contributed by atoms with Crippen molar-refractivity contribution in [2.45, 2.75) is 39.4 Å². The van der Waals surface area contributed by atoms with Gasteiger partial charge in [0.1, 0.15) is 5.76 Å². The van der Waals surface area contributed by atoms with Crippen molar-refractivity contribution in [3.8, 4) is 0 Å². The smallest absolute Gasteiger partial charge is 0.220 e. The average molecular weight is 314 g/mol. The van der Waals surface area contributed by atoms with Crippen LogP contribution in [0.5, 0.6) is 0 Å². The molecule has 0 unspecified atom stereocenters. The highest BCUT2D eigenvalue weighted by atomic mass is 16.4. The average Bonchev–Trinajstić information content (AvgIpc) is 3.15. The first kappa shape index (κ1) is 15.7. The molecule has 6 heteroatoms. The number of oxazole rings is 1. The molecular weight excluding hydrogens is 292 g/mol. The number of nitrogens with zero attached hydrogens (tertiary/aromatic N) is 4. The topological polar surface area (TPSA) is 62.5 Å². The van der Waals surface area contributed by atoms with Crippen LogP contribution in [0.4, 0.5) is 0 Å². The van der Waals surface area contributed by atoms with Gasteiger partial charge in [-0.05, 0) is 25.0 Å². The highest BCUT2D eigenvalue weighted by Crippen LogP contribution is 2.20. The van der Waals surface area contributed by atoms with Gasteiger partial charge in [0, 0.05) is 45.0 Å². The van der Waals surface area contributed by atoms with E-state index in [4.69, 9.17) is 4.42 Å². The van der Waals surface area contributed by atoms with Crippen LogP contribution in [0.25, 0.3) is 0 Å². The largest absolute Gasteiger partial charge is 0.444 e. The summed E-state index contributed by atoms with van der Waals surface area (Å²) in [4.78, 5) is 24.6. The third-order valence-electron chi connectivity index (χ3n) is 4.20. The van der Waals surface area contributed by atoms with Crippen molar-refractivity contribution in [2.24, 2.45) is 0 Å². The molecule has 3 heterocycles. The second kappa shape index (κ2) is 6.91. The van der Waals surface area contributed by atoms with E-state index in [9.17, 15) is 4.79 Å². The van der Waals surface area contributed by atoms with Crippen molar-refractivity contribution in [1.82, 2.24) is 19.8 Å². The molecule has 1 aliphatic heterocycles. The molecule has 0 spiro atoms. The summed E-state index contributed by atoms with van der Waals surface area (Å²) in [6.07, 6.45) is 6.34. The summed E-state index contributed by atoms with van der Waals surface area (Å²) in [7, 11) is 0. The summed E-state index contributed by atoms with van der Waals surface area (Å²) in [5.41, 5.74) is 1.20. The Kier molecular flexibility index (Phi) is 4.71. The Hall–Kier alpha value is -2.21. The van der Waals surface area contributed by atoms with Crippen molar-refractivity contribution in [3.05, 3.63) is 47.9 Å². The lowest BCUT2D eigenvalue weighted by Gasteiger charge is -2.27. The number of carbonyl (C=O) groups excluding carboxylic acids is 1. The third-order valence-corrected chi connectivity index (χ3v) is 4.20. The number of aromatic nitrogens is 2. The lowest BCUT2D eigenvalue weighted by Crippen LogP contribution is -2.40. The number of aryl methyl sites for hydroxylation is 1. The Bertz CT molecular complexity index is 656. The van der Waals surface area contributed by atoms with Crippen molar-refractivity contribution in [1.29, 1.82) is 0 Å². The second-order valence-electron chi connectivity index (χ2n) is 6.05. The zero-order valence-corrected chi connectivity index (χ0v) is 13.6. The van der Waals surface area contributed by atoms with E-state index in [1.54, 1.807) is 19.3 Å². The van der Waals surface area contributed by atoms with Gasteiger partial charge in [0.25, 0.3) is 0 Å².